The maximum absolute atomic E-state index is 3.00. The predicted octanol–water partition coefficient (Wildman–Crippen LogP) is 1.70. The van der Waals surface area contributed by atoms with Gasteiger partial charge in [-0.05, 0) is 5.56 Å². The first kappa shape index (κ1) is 13.9. The number of hydrogen-bond acceptors (Lipinski definition) is 1. The summed E-state index contributed by atoms with van der Waals surface area (Å²) in [4.78, 5) is 0. The van der Waals surface area contributed by atoms with Crippen molar-refractivity contribution in [1.82, 2.24) is 4.30 Å². The number of rotatable bonds is 2. The maximum Gasteiger partial charge on any atom is 0.251 e. The number of hydrogen-bond donors (Lipinski definition) is 1. The Morgan fingerprint density at radius 2 is 1.64 bits per heavy atom. The highest BCUT2D eigenvalue weighted by Crippen LogP contribution is 1.95. The van der Waals surface area contributed by atoms with Gasteiger partial charge >= 0.3 is 0 Å². The Balaban J connectivity index is 0. The van der Waals surface area contributed by atoms with Gasteiger partial charge in [0.15, 0.2) is 0 Å². The van der Waals surface area contributed by atoms with Crippen molar-refractivity contribution in [1.29, 1.82) is 0 Å². The molecule has 0 unspecified atom stereocenters. The van der Waals surface area contributed by atoms with Crippen LogP contribution in [0.25, 0.3) is 0 Å². The van der Waals surface area contributed by atoms with E-state index in [1.807, 2.05) is 18.2 Å². The van der Waals surface area contributed by atoms with Crippen LogP contribution in [0, 0.1) is 0 Å². The minimum atomic E-state index is 0. The van der Waals surface area contributed by atoms with E-state index in [4.69, 9.17) is 0 Å². The Morgan fingerprint density at radius 3 is 2.09 bits per heavy atom. The standard InChI is InChI=1S/C7H8N.Al.2ClH/c8-6-7-4-2-1-3-5-7;;;/h1-5,8H,6H2;;2*1H/q-1;+1;;. The fourth-order valence-corrected chi connectivity index (χ4v) is 0.949. The average molecular weight is 206 g/mol. The van der Waals surface area contributed by atoms with Crippen LogP contribution in [0.5, 0.6) is 0 Å². The molecule has 1 N–H and O–H groups in total. The highest BCUT2D eigenvalue weighted by atomic mass is 35.5. The molecular formula is C7H10AlCl2N. The van der Waals surface area contributed by atoms with E-state index in [-0.39, 0.29) is 24.8 Å². The maximum atomic E-state index is 3.00. The van der Waals surface area contributed by atoms with Gasteiger partial charge in [0.2, 0.25) is 0 Å². The van der Waals surface area contributed by atoms with Crippen LogP contribution in [0.15, 0.2) is 30.3 Å². The zero-order valence-corrected chi connectivity index (χ0v) is 8.78. The van der Waals surface area contributed by atoms with E-state index in [0.717, 1.165) is 6.54 Å². The van der Waals surface area contributed by atoms with Crippen molar-refractivity contribution in [2.45, 2.75) is 6.54 Å². The first-order valence-electron chi connectivity index (χ1n) is 2.91. The topological polar surface area (TPSA) is 12.0 Å². The molecule has 1 rings (SSSR count). The van der Waals surface area contributed by atoms with E-state index in [1.165, 1.54) is 5.56 Å². The highest BCUT2D eigenvalue weighted by molar-refractivity contribution is 6.04. The smallest absolute Gasteiger partial charge is 0.251 e. The van der Waals surface area contributed by atoms with E-state index >= 15 is 0 Å². The summed E-state index contributed by atoms with van der Waals surface area (Å²) in [5, 5.41) is 0. The van der Waals surface area contributed by atoms with Crippen LogP contribution in [0.4, 0.5) is 0 Å². The average Bonchev–Trinajstić information content (AvgIpc) is 1.91. The van der Waals surface area contributed by atoms with Gasteiger partial charge in [-0.3, -0.25) is 0 Å². The summed E-state index contributed by atoms with van der Waals surface area (Å²) in [6, 6.07) is 10.3. The molecule has 0 bridgehead atoms. The first-order chi connectivity index (χ1) is 4.43. The summed E-state index contributed by atoms with van der Waals surface area (Å²) in [6.45, 7) is 0.922. The number of benzene rings is 1. The van der Waals surface area contributed by atoms with Crippen LogP contribution in [0.1, 0.15) is 5.56 Å². The van der Waals surface area contributed by atoms with Crippen LogP contribution in [-0.4, -0.2) is 16.5 Å². The first-order valence-corrected chi connectivity index (χ1v) is 3.48. The minimum absolute atomic E-state index is 0. The van der Waals surface area contributed by atoms with Crippen molar-refractivity contribution in [2.75, 3.05) is 0 Å². The molecule has 1 aromatic rings. The molecule has 1 aromatic carbocycles. The van der Waals surface area contributed by atoms with E-state index in [0.29, 0.717) is 0 Å². The predicted molar refractivity (Wildman–Crippen MR) is 53.5 cm³/mol. The minimum Gasteiger partial charge on any atom is -0.412 e. The van der Waals surface area contributed by atoms with Crippen molar-refractivity contribution in [2.24, 2.45) is 0 Å². The normalized spacial score (nSPS) is 7.64. The summed E-state index contributed by atoms with van der Waals surface area (Å²) in [6.07, 6.45) is 0. The molecule has 0 amide bonds. The van der Waals surface area contributed by atoms with Crippen LogP contribution in [0.3, 0.4) is 0 Å². The largest absolute Gasteiger partial charge is 0.412 e. The lowest BCUT2D eigenvalue weighted by Crippen LogP contribution is -2.06. The Labute approximate surface area is 88.0 Å². The summed E-state index contributed by atoms with van der Waals surface area (Å²) < 4.78 is 3.00. The molecule has 0 heterocycles. The number of nitrogens with one attached hydrogen (secondary N) is 1. The quantitative estimate of drug-likeness (QED) is 0.726. The Bertz CT molecular complexity index is 169. The molecule has 0 saturated heterocycles. The fraction of sp³-hybridized carbons (Fsp3) is 0.143. The lowest BCUT2D eigenvalue weighted by Gasteiger charge is -1.96. The molecular weight excluding hydrogens is 196 g/mol. The molecule has 11 heavy (non-hydrogen) atoms. The molecule has 4 heteroatoms. The summed E-state index contributed by atoms with van der Waals surface area (Å²) in [7, 11) is 0. The van der Waals surface area contributed by atoms with Gasteiger partial charge in [-0.25, -0.2) is 0 Å². The SMILES string of the molecule is Cl.Cl.[Al][NH]Cc1ccccc1. The Morgan fingerprint density at radius 1 is 1.09 bits per heavy atom. The van der Waals surface area contributed by atoms with Gasteiger partial charge in [-0.2, -0.15) is 0 Å². The second-order valence-corrected chi connectivity index (χ2v) is 2.27. The summed E-state index contributed by atoms with van der Waals surface area (Å²) in [5.74, 6) is 0. The van der Waals surface area contributed by atoms with Gasteiger partial charge < -0.3 is 4.30 Å². The van der Waals surface area contributed by atoms with E-state index in [9.17, 15) is 0 Å². The molecule has 0 fully saturated rings. The third-order valence-corrected chi connectivity index (χ3v) is 1.35. The van der Waals surface area contributed by atoms with Gasteiger partial charge in [-0.1, -0.05) is 30.3 Å². The van der Waals surface area contributed by atoms with Crippen molar-refractivity contribution < 1.29 is 0 Å². The van der Waals surface area contributed by atoms with Crippen LogP contribution >= 0.6 is 24.8 Å². The van der Waals surface area contributed by atoms with Gasteiger partial charge in [-0.15, -0.1) is 24.8 Å². The van der Waals surface area contributed by atoms with Crippen molar-refractivity contribution in [3.05, 3.63) is 35.9 Å². The Hall–Kier alpha value is 0.292. The molecule has 0 aliphatic rings. The molecule has 0 aliphatic carbocycles. The van der Waals surface area contributed by atoms with Crippen molar-refractivity contribution in [3.63, 3.8) is 0 Å². The lowest BCUT2D eigenvalue weighted by molar-refractivity contribution is 0.962. The van der Waals surface area contributed by atoms with E-state index < -0.39 is 0 Å². The van der Waals surface area contributed by atoms with Gasteiger partial charge in [0.25, 0.3) is 16.5 Å². The fourth-order valence-electron chi connectivity index (χ4n) is 0.714. The molecule has 2 radical (unpaired) electrons. The summed E-state index contributed by atoms with van der Waals surface area (Å²) >= 11 is 2.48. The molecule has 60 valence electrons. The molecule has 0 spiro atoms. The van der Waals surface area contributed by atoms with Crippen LogP contribution in [-0.2, 0) is 6.54 Å². The molecule has 0 saturated carbocycles. The number of halogens is 2. The van der Waals surface area contributed by atoms with E-state index in [1.54, 1.807) is 0 Å². The van der Waals surface area contributed by atoms with Crippen LogP contribution in [0.2, 0.25) is 0 Å². The second-order valence-electron chi connectivity index (χ2n) is 1.87. The monoisotopic (exact) mass is 205 g/mol. The molecule has 0 aliphatic heterocycles. The van der Waals surface area contributed by atoms with Gasteiger partial charge in [0, 0.05) is 6.54 Å². The van der Waals surface area contributed by atoms with Gasteiger partial charge in [0.1, 0.15) is 0 Å². The zero-order valence-electron chi connectivity index (χ0n) is 5.99. The third-order valence-electron chi connectivity index (χ3n) is 1.15. The van der Waals surface area contributed by atoms with Gasteiger partial charge in [0.05, 0.1) is 0 Å². The lowest BCUT2D eigenvalue weighted by atomic mass is 10.2. The second kappa shape index (κ2) is 8.39. The van der Waals surface area contributed by atoms with Crippen molar-refractivity contribution >= 4 is 41.3 Å². The van der Waals surface area contributed by atoms with Crippen molar-refractivity contribution in [3.8, 4) is 0 Å². The Kier molecular flexibility index (Phi) is 10.6. The summed E-state index contributed by atoms with van der Waals surface area (Å²) in [5.41, 5.74) is 1.31. The van der Waals surface area contributed by atoms with E-state index in [2.05, 4.69) is 32.9 Å². The molecule has 0 aromatic heterocycles. The van der Waals surface area contributed by atoms with Crippen LogP contribution < -0.4 is 4.30 Å². The highest BCUT2D eigenvalue weighted by Gasteiger charge is 1.83. The molecule has 0 atom stereocenters. The molecule has 1 nitrogen and oxygen atoms in total. The third kappa shape index (κ3) is 5.55. The zero-order chi connectivity index (χ0) is 6.53.